The fraction of sp³-hybridized carbons (Fsp3) is 0.125. The highest BCUT2D eigenvalue weighted by Gasteiger charge is 2.19. The number of benzene rings is 1. The van der Waals surface area contributed by atoms with Crippen LogP contribution in [-0.2, 0) is 4.79 Å². The van der Waals surface area contributed by atoms with Crippen molar-refractivity contribution in [3.05, 3.63) is 33.9 Å². The van der Waals surface area contributed by atoms with E-state index >= 15 is 0 Å². The van der Waals surface area contributed by atoms with Crippen molar-refractivity contribution >= 4 is 33.2 Å². The summed E-state index contributed by atoms with van der Waals surface area (Å²) in [4.78, 5) is 20.3. The van der Waals surface area contributed by atoms with Gasteiger partial charge in [0.15, 0.2) is 0 Å². The summed E-state index contributed by atoms with van der Waals surface area (Å²) in [7, 11) is 0. The first-order valence-electron chi connectivity index (χ1n) is 3.95. The summed E-state index contributed by atoms with van der Waals surface area (Å²) in [6.07, 6.45) is 0. The zero-order valence-corrected chi connectivity index (χ0v) is 9.25. The molecule has 5 nitrogen and oxygen atoms in total. The molecule has 0 aliphatic rings. The van der Waals surface area contributed by atoms with Gasteiger partial charge in [0.25, 0.3) is 0 Å². The van der Waals surface area contributed by atoms with Gasteiger partial charge in [0.1, 0.15) is 5.82 Å². The first-order chi connectivity index (χ1) is 7.45. The molecule has 8 heteroatoms. The third kappa shape index (κ3) is 2.72. The minimum atomic E-state index is -1.29. The molecule has 1 N–H and O–H groups in total. The zero-order valence-electron chi connectivity index (χ0n) is 7.67. The van der Waals surface area contributed by atoms with Crippen LogP contribution in [0, 0.1) is 21.7 Å². The zero-order chi connectivity index (χ0) is 12.3. The number of carbonyl (C=O) groups excluding carboxylic acids is 1. The van der Waals surface area contributed by atoms with Gasteiger partial charge in [-0.15, -0.1) is 0 Å². The molecular weight excluding hydrogens is 290 g/mol. The fourth-order valence-corrected chi connectivity index (χ4v) is 1.10. The molecule has 0 aliphatic carbocycles. The van der Waals surface area contributed by atoms with E-state index in [9.17, 15) is 23.7 Å². The molecule has 86 valence electrons. The van der Waals surface area contributed by atoms with Gasteiger partial charge < -0.3 is 5.32 Å². The Kier molecular flexibility index (Phi) is 3.88. The lowest BCUT2D eigenvalue weighted by Crippen LogP contribution is -2.14. The number of nitro benzene ring substituents is 1. The highest BCUT2D eigenvalue weighted by atomic mass is 79.9. The largest absolute Gasteiger partial charge is 0.323 e. The van der Waals surface area contributed by atoms with Crippen LogP contribution in [0.25, 0.3) is 0 Å². The number of rotatable bonds is 3. The van der Waals surface area contributed by atoms with Crippen molar-refractivity contribution in [2.45, 2.75) is 0 Å². The average molecular weight is 295 g/mol. The number of nitrogens with zero attached hydrogens (tertiary/aromatic N) is 1. The van der Waals surface area contributed by atoms with Crippen molar-refractivity contribution in [3.8, 4) is 0 Å². The minimum absolute atomic E-state index is 0.0996. The average Bonchev–Trinajstić information content (AvgIpc) is 2.21. The van der Waals surface area contributed by atoms with Crippen LogP contribution in [0.1, 0.15) is 0 Å². The van der Waals surface area contributed by atoms with E-state index < -0.39 is 33.8 Å². The Labute approximate surface area is 96.7 Å². The number of carbonyl (C=O) groups is 1. The fourth-order valence-electron chi connectivity index (χ4n) is 0.957. The van der Waals surface area contributed by atoms with E-state index in [-0.39, 0.29) is 5.33 Å². The topological polar surface area (TPSA) is 72.2 Å². The molecule has 0 aliphatic heterocycles. The minimum Gasteiger partial charge on any atom is -0.323 e. The first kappa shape index (κ1) is 12.5. The molecule has 1 amide bonds. The van der Waals surface area contributed by atoms with Gasteiger partial charge in [-0.25, -0.2) is 4.39 Å². The van der Waals surface area contributed by atoms with Gasteiger partial charge in [-0.1, -0.05) is 15.9 Å². The summed E-state index contributed by atoms with van der Waals surface area (Å²) < 4.78 is 26.0. The highest BCUT2D eigenvalue weighted by Crippen LogP contribution is 2.24. The predicted octanol–water partition coefficient (Wildman–Crippen LogP) is 2.21. The SMILES string of the molecule is O=C(CBr)Nc1cc([N+](=O)[O-])c(F)cc1F. The molecule has 1 rings (SSSR count). The van der Waals surface area contributed by atoms with Gasteiger partial charge in [-0.05, 0) is 0 Å². The summed E-state index contributed by atoms with van der Waals surface area (Å²) >= 11 is 2.82. The van der Waals surface area contributed by atoms with E-state index in [1.807, 2.05) is 0 Å². The molecule has 1 aromatic rings. The van der Waals surface area contributed by atoms with Crippen molar-refractivity contribution in [2.75, 3.05) is 10.6 Å². The molecule has 0 aromatic heterocycles. The molecule has 0 heterocycles. The Hall–Kier alpha value is -1.57. The summed E-state index contributed by atoms with van der Waals surface area (Å²) in [6, 6.07) is 0.979. The summed E-state index contributed by atoms with van der Waals surface area (Å²) in [5, 5.41) is 12.3. The smallest absolute Gasteiger partial charge is 0.307 e. The molecule has 0 saturated heterocycles. The molecule has 0 bridgehead atoms. The van der Waals surface area contributed by atoms with Gasteiger partial charge >= 0.3 is 5.69 Å². The lowest BCUT2D eigenvalue weighted by Gasteiger charge is -2.04. The molecule has 0 unspecified atom stereocenters. The second-order valence-electron chi connectivity index (χ2n) is 2.72. The number of alkyl halides is 1. The van der Waals surface area contributed by atoms with E-state index in [0.29, 0.717) is 12.1 Å². The maximum atomic E-state index is 13.1. The molecule has 0 atom stereocenters. The lowest BCUT2D eigenvalue weighted by molar-refractivity contribution is -0.387. The van der Waals surface area contributed by atoms with Gasteiger partial charge in [0.2, 0.25) is 11.7 Å². The molecular formula is C8H5BrF2N2O3. The highest BCUT2D eigenvalue weighted by molar-refractivity contribution is 9.09. The first-order valence-corrected chi connectivity index (χ1v) is 5.07. The predicted molar refractivity (Wildman–Crippen MR) is 55.4 cm³/mol. The van der Waals surface area contributed by atoms with Crippen LogP contribution in [0.2, 0.25) is 0 Å². The second-order valence-corrected chi connectivity index (χ2v) is 3.28. The number of hydrogen-bond donors (Lipinski definition) is 1. The van der Waals surface area contributed by atoms with Crippen molar-refractivity contribution < 1.29 is 18.5 Å². The molecule has 0 fully saturated rings. The second kappa shape index (κ2) is 4.97. The Bertz CT molecular complexity index is 453. The molecule has 16 heavy (non-hydrogen) atoms. The van der Waals surface area contributed by atoms with E-state index in [4.69, 9.17) is 0 Å². The summed E-state index contributed by atoms with van der Waals surface area (Å²) in [5.41, 5.74) is -1.33. The van der Waals surface area contributed by atoms with Crippen LogP contribution >= 0.6 is 15.9 Å². The van der Waals surface area contributed by atoms with Crippen molar-refractivity contribution in [1.29, 1.82) is 0 Å². The van der Waals surface area contributed by atoms with Crippen LogP contribution in [0.4, 0.5) is 20.2 Å². The van der Waals surface area contributed by atoms with Crippen LogP contribution in [0.3, 0.4) is 0 Å². The maximum absolute atomic E-state index is 13.1. The number of hydrogen-bond acceptors (Lipinski definition) is 3. The van der Waals surface area contributed by atoms with Crippen molar-refractivity contribution in [3.63, 3.8) is 0 Å². The Morgan fingerprint density at radius 3 is 2.56 bits per heavy atom. The Morgan fingerprint density at radius 1 is 1.44 bits per heavy atom. The standard InChI is InChI=1S/C8H5BrF2N2O3/c9-3-8(14)12-6-2-7(13(15)16)5(11)1-4(6)10/h1-2H,3H2,(H,12,14). The van der Waals surface area contributed by atoms with E-state index in [0.717, 1.165) is 0 Å². The van der Waals surface area contributed by atoms with E-state index in [1.165, 1.54) is 0 Å². The van der Waals surface area contributed by atoms with E-state index in [1.54, 1.807) is 0 Å². The molecule has 1 aromatic carbocycles. The van der Waals surface area contributed by atoms with E-state index in [2.05, 4.69) is 21.2 Å². The number of nitro groups is 1. The Morgan fingerprint density at radius 2 is 2.06 bits per heavy atom. The normalized spacial score (nSPS) is 9.94. The number of amides is 1. The number of halogens is 3. The molecule has 0 radical (unpaired) electrons. The monoisotopic (exact) mass is 294 g/mol. The van der Waals surface area contributed by atoms with Crippen LogP contribution in [-0.4, -0.2) is 16.2 Å². The third-order valence-electron chi connectivity index (χ3n) is 1.63. The third-order valence-corrected chi connectivity index (χ3v) is 2.14. The summed E-state index contributed by atoms with van der Waals surface area (Å²) in [6.45, 7) is 0. The number of anilines is 1. The molecule has 0 spiro atoms. The van der Waals surface area contributed by atoms with Crippen LogP contribution in [0.5, 0.6) is 0 Å². The van der Waals surface area contributed by atoms with Crippen LogP contribution < -0.4 is 5.32 Å². The van der Waals surface area contributed by atoms with Gasteiger partial charge in [-0.3, -0.25) is 14.9 Å². The van der Waals surface area contributed by atoms with Gasteiger partial charge in [0, 0.05) is 12.1 Å². The lowest BCUT2D eigenvalue weighted by atomic mass is 10.2. The van der Waals surface area contributed by atoms with Crippen LogP contribution in [0.15, 0.2) is 12.1 Å². The quantitative estimate of drug-likeness (QED) is 0.528. The van der Waals surface area contributed by atoms with Crippen molar-refractivity contribution in [1.82, 2.24) is 0 Å². The number of nitrogens with one attached hydrogen (secondary N) is 1. The Balaban J connectivity index is 3.14. The van der Waals surface area contributed by atoms with Crippen molar-refractivity contribution in [2.24, 2.45) is 0 Å². The van der Waals surface area contributed by atoms with Gasteiger partial charge in [-0.2, -0.15) is 4.39 Å². The maximum Gasteiger partial charge on any atom is 0.307 e. The van der Waals surface area contributed by atoms with Gasteiger partial charge in [0.05, 0.1) is 15.9 Å². The summed E-state index contributed by atoms with van der Waals surface area (Å²) in [5.74, 6) is -2.96. The molecule has 0 saturated carbocycles.